The highest BCUT2D eigenvalue weighted by molar-refractivity contribution is 5.94. The summed E-state index contributed by atoms with van der Waals surface area (Å²) in [4.78, 5) is 27.8. The van der Waals surface area contributed by atoms with Crippen LogP contribution >= 0.6 is 0 Å². The molecule has 5 N–H and O–H groups in total. The van der Waals surface area contributed by atoms with Crippen LogP contribution in [0.5, 0.6) is 5.88 Å². The number of likely N-dealkylation sites (tertiary alicyclic amines) is 1. The lowest BCUT2D eigenvalue weighted by molar-refractivity contribution is 0.0929. The highest BCUT2D eigenvalue weighted by Crippen LogP contribution is 2.26. The molecule has 34 heavy (non-hydrogen) atoms. The van der Waals surface area contributed by atoms with Crippen LogP contribution in [-0.4, -0.2) is 52.0 Å². The van der Waals surface area contributed by atoms with Gasteiger partial charge in [0.2, 0.25) is 5.88 Å². The second-order valence-corrected chi connectivity index (χ2v) is 8.47. The largest absolute Gasteiger partial charge is 0.476 e. The number of hydrogen-bond donors (Lipinski definition) is 3. The van der Waals surface area contributed by atoms with Gasteiger partial charge in [-0.1, -0.05) is 18.2 Å². The Labute approximate surface area is 199 Å². The van der Waals surface area contributed by atoms with Crippen LogP contribution in [0.3, 0.4) is 0 Å². The van der Waals surface area contributed by atoms with Crippen LogP contribution < -0.4 is 21.5 Å². The third-order valence-corrected chi connectivity index (χ3v) is 6.02. The second kappa shape index (κ2) is 10.9. The van der Waals surface area contributed by atoms with Crippen LogP contribution in [0.1, 0.15) is 35.8 Å². The van der Waals surface area contributed by atoms with Gasteiger partial charge in [0.25, 0.3) is 5.91 Å². The number of nitrogens with two attached hydrogens (primary N) is 2. The number of rotatable bonds is 8. The number of nitrogens with zero attached hydrogens (tertiary/aromatic N) is 4. The van der Waals surface area contributed by atoms with Crippen LogP contribution in [-0.2, 0) is 6.54 Å². The van der Waals surface area contributed by atoms with Gasteiger partial charge in [-0.25, -0.2) is 4.98 Å². The molecule has 0 atom stereocenters. The van der Waals surface area contributed by atoms with Crippen molar-refractivity contribution in [3.63, 3.8) is 0 Å². The number of carbonyl (C=O) groups is 1. The molecule has 2 aromatic heterocycles. The van der Waals surface area contributed by atoms with Gasteiger partial charge in [-0.3, -0.25) is 19.7 Å². The molecule has 178 valence electrons. The lowest BCUT2D eigenvalue weighted by Gasteiger charge is -2.32. The number of amides is 1. The molecule has 1 amide bonds. The Hall–Kier alpha value is -3.72. The molecule has 0 unspecified atom stereocenters. The molecule has 3 heterocycles. The van der Waals surface area contributed by atoms with Gasteiger partial charge in [0.1, 0.15) is 11.4 Å². The van der Waals surface area contributed by atoms with Gasteiger partial charge in [0.05, 0.1) is 24.2 Å². The monoisotopic (exact) mass is 461 g/mol. The molecule has 9 heteroatoms. The normalized spacial score (nSPS) is 14.6. The summed E-state index contributed by atoms with van der Waals surface area (Å²) in [6, 6.07) is 9.94. The summed E-state index contributed by atoms with van der Waals surface area (Å²) in [5.74, 6) is 0.351. The Balaban J connectivity index is 1.27. The van der Waals surface area contributed by atoms with Crippen molar-refractivity contribution in [2.45, 2.75) is 26.3 Å². The number of anilines is 2. The number of aromatic nitrogens is 3. The van der Waals surface area contributed by atoms with Crippen LogP contribution in [0.15, 0.2) is 48.9 Å². The highest BCUT2D eigenvalue weighted by Gasteiger charge is 2.21. The van der Waals surface area contributed by atoms with Crippen LogP contribution in [0.2, 0.25) is 0 Å². The summed E-state index contributed by atoms with van der Waals surface area (Å²) < 4.78 is 5.39. The SMILES string of the molecule is CCOc1nc(C(=O)NCC2CCN(Cc3cccc(-c4cnccn4)c3)CC2)cc(N)c1N. The van der Waals surface area contributed by atoms with Crippen molar-refractivity contribution < 1.29 is 9.53 Å². The van der Waals surface area contributed by atoms with Gasteiger partial charge in [-0.05, 0) is 56.5 Å². The first-order valence-electron chi connectivity index (χ1n) is 11.6. The fourth-order valence-corrected chi connectivity index (χ4v) is 4.13. The predicted molar refractivity (Wildman–Crippen MR) is 132 cm³/mol. The van der Waals surface area contributed by atoms with Crippen molar-refractivity contribution in [3.8, 4) is 17.1 Å². The predicted octanol–water partition coefficient (Wildman–Crippen LogP) is 2.74. The molecule has 4 rings (SSSR count). The minimum atomic E-state index is -0.268. The van der Waals surface area contributed by atoms with E-state index in [1.807, 2.05) is 6.92 Å². The lowest BCUT2D eigenvalue weighted by Crippen LogP contribution is -2.38. The van der Waals surface area contributed by atoms with E-state index in [4.69, 9.17) is 16.2 Å². The van der Waals surface area contributed by atoms with Crippen molar-refractivity contribution in [1.82, 2.24) is 25.2 Å². The first kappa shape index (κ1) is 23.4. The summed E-state index contributed by atoms with van der Waals surface area (Å²) in [7, 11) is 0. The van der Waals surface area contributed by atoms with Crippen LogP contribution in [0, 0.1) is 5.92 Å². The molecule has 0 aliphatic carbocycles. The van der Waals surface area contributed by atoms with Crippen molar-refractivity contribution in [2.24, 2.45) is 5.92 Å². The average molecular weight is 462 g/mol. The molecule has 1 saturated heterocycles. The van der Waals surface area contributed by atoms with Crippen LogP contribution in [0.25, 0.3) is 11.3 Å². The topological polar surface area (TPSA) is 132 Å². The van der Waals surface area contributed by atoms with Gasteiger partial charge < -0.3 is 21.5 Å². The molecule has 0 radical (unpaired) electrons. The fraction of sp³-hybridized carbons (Fsp3) is 0.360. The number of piperidine rings is 1. The summed E-state index contributed by atoms with van der Waals surface area (Å²) >= 11 is 0. The van der Waals surface area contributed by atoms with Crippen molar-refractivity contribution in [2.75, 3.05) is 37.7 Å². The van der Waals surface area contributed by atoms with E-state index in [2.05, 4.69) is 49.4 Å². The Morgan fingerprint density at radius 2 is 2.03 bits per heavy atom. The Kier molecular flexibility index (Phi) is 7.54. The van der Waals surface area contributed by atoms with E-state index in [1.165, 1.54) is 11.6 Å². The van der Waals surface area contributed by atoms with E-state index in [1.54, 1.807) is 18.6 Å². The van der Waals surface area contributed by atoms with Gasteiger partial charge in [0.15, 0.2) is 0 Å². The molecule has 1 aromatic carbocycles. The van der Waals surface area contributed by atoms with Gasteiger partial charge >= 0.3 is 0 Å². The third-order valence-electron chi connectivity index (χ3n) is 6.02. The van der Waals surface area contributed by atoms with Crippen molar-refractivity contribution in [3.05, 3.63) is 60.2 Å². The number of nitrogens with one attached hydrogen (secondary N) is 1. The Bertz CT molecular complexity index is 1120. The summed E-state index contributed by atoms with van der Waals surface area (Å²) in [6.45, 7) is 5.68. The van der Waals surface area contributed by atoms with Crippen molar-refractivity contribution >= 4 is 17.3 Å². The first-order valence-corrected chi connectivity index (χ1v) is 11.6. The number of pyridine rings is 1. The molecule has 3 aromatic rings. The zero-order valence-electron chi connectivity index (χ0n) is 19.4. The van der Waals surface area contributed by atoms with E-state index >= 15 is 0 Å². The summed E-state index contributed by atoms with van der Waals surface area (Å²) in [5.41, 5.74) is 15.8. The average Bonchev–Trinajstić information content (AvgIpc) is 2.87. The second-order valence-electron chi connectivity index (χ2n) is 8.47. The Morgan fingerprint density at radius 1 is 1.21 bits per heavy atom. The number of carbonyl (C=O) groups excluding carboxylic acids is 1. The standard InChI is InChI=1S/C25H31N7O2/c1-2-34-25-23(27)20(26)13-21(31-25)24(33)30-14-17-6-10-32(11-7-17)16-18-4-3-5-19(12-18)22-15-28-8-9-29-22/h3-5,8-9,12-13,15,17H,2,6-7,10-11,14,16,27H2,1H3,(H2,26,31)(H,30,33). The molecule has 9 nitrogen and oxygen atoms in total. The molecule has 1 fully saturated rings. The first-order chi connectivity index (χ1) is 16.5. The van der Waals surface area contributed by atoms with E-state index in [0.29, 0.717) is 24.8 Å². The maximum atomic E-state index is 12.6. The van der Waals surface area contributed by atoms with E-state index in [-0.39, 0.29) is 23.2 Å². The third kappa shape index (κ3) is 5.79. The number of nitrogen functional groups attached to an aromatic ring is 2. The van der Waals surface area contributed by atoms with Gasteiger partial charge in [-0.2, -0.15) is 0 Å². The molecule has 0 spiro atoms. The number of ether oxygens (including phenoxy) is 1. The highest BCUT2D eigenvalue weighted by atomic mass is 16.5. The zero-order valence-corrected chi connectivity index (χ0v) is 19.4. The molecule has 1 aliphatic heterocycles. The quantitative estimate of drug-likeness (QED) is 0.466. The molecule has 1 aliphatic rings. The molecular weight excluding hydrogens is 430 g/mol. The summed E-state index contributed by atoms with van der Waals surface area (Å²) in [5, 5.41) is 2.99. The molecular formula is C25H31N7O2. The van der Waals surface area contributed by atoms with Crippen molar-refractivity contribution in [1.29, 1.82) is 0 Å². The summed E-state index contributed by atoms with van der Waals surface area (Å²) in [6.07, 6.45) is 7.21. The molecule has 0 bridgehead atoms. The number of hydrogen-bond acceptors (Lipinski definition) is 8. The number of benzene rings is 1. The zero-order chi connectivity index (χ0) is 23.9. The Morgan fingerprint density at radius 3 is 2.76 bits per heavy atom. The van der Waals surface area contributed by atoms with E-state index < -0.39 is 0 Å². The maximum absolute atomic E-state index is 12.6. The van der Waals surface area contributed by atoms with Gasteiger partial charge in [-0.15, -0.1) is 0 Å². The maximum Gasteiger partial charge on any atom is 0.270 e. The fourth-order valence-electron chi connectivity index (χ4n) is 4.13. The van der Waals surface area contributed by atoms with Crippen LogP contribution in [0.4, 0.5) is 11.4 Å². The minimum Gasteiger partial charge on any atom is -0.476 e. The van der Waals surface area contributed by atoms with Gasteiger partial charge in [0, 0.05) is 31.0 Å². The lowest BCUT2D eigenvalue weighted by atomic mass is 9.96. The van der Waals surface area contributed by atoms with E-state index in [9.17, 15) is 4.79 Å². The minimum absolute atomic E-state index is 0.198. The van der Waals surface area contributed by atoms with E-state index in [0.717, 1.165) is 43.7 Å². The molecule has 0 saturated carbocycles. The smallest absolute Gasteiger partial charge is 0.270 e.